The van der Waals surface area contributed by atoms with Gasteiger partial charge in [-0.15, -0.1) is 0 Å². The van der Waals surface area contributed by atoms with Crippen LogP contribution in [0.4, 0.5) is 0 Å². The highest BCUT2D eigenvalue weighted by Crippen LogP contribution is 2.25. The number of amides is 1. The normalized spacial score (nSPS) is 16.3. The Balaban J connectivity index is 1.52. The minimum absolute atomic E-state index is 0.183. The number of hydrogen-bond donors (Lipinski definition) is 1. The summed E-state index contributed by atoms with van der Waals surface area (Å²) in [5.74, 6) is 0.177. The lowest BCUT2D eigenvalue weighted by Gasteiger charge is -2.36. The smallest absolute Gasteiger partial charge is 0.257 e. The third-order valence-corrected chi connectivity index (χ3v) is 7.12. The molecule has 1 atom stereocenters. The summed E-state index contributed by atoms with van der Waals surface area (Å²) in [5, 5.41) is 19.3. The first-order chi connectivity index (χ1) is 16.3. The van der Waals surface area contributed by atoms with Gasteiger partial charge in [0.05, 0.1) is 5.71 Å². The maximum Gasteiger partial charge on any atom is 0.257 e. The van der Waals surface area contributed by atoms with E-state index in [2.05, 4.69) is 50.4 Å². The largest absolute Gasteiger partial charge is 0.618 e. The van der Waals surface area contributed by atoms with E-state index in [1.165, 1.54) is 6.20 Å². The Morgan fingerprint density at radius 3 is 2.59 bits per heavy atom. The highest BCUT2D eigenvalue weighted by molar-refractivity contribution is 9.10. The third kappa shape index (κ3) is 6.57. The number of piperidine rings is 1. The summed E-state index contributed by atoms with van der Waals surface area (Å²) < 4.78 is 1.79. The van der Waals surface area contributed by atoms with Crippen LogP contribution in [-0.2, 0) is 4.84 Å². The quantitative estimate of drug-likeness (QED) is 0.226. The first kappa shape index (κ1) is 26.2. The summed E-state index contributed by atoms with van der Waals surface area (Å²) in [5.41, 5.74) is 3.85. The van der Waals surface area contributed by atoms with E-state index in [9.17, 15) is 10.0 Å². The molecule has 7 nitrogen and oxygen atoms in total. The molecule has 1 fully saturated rings. The lowest BCUT2D eigenvalue weighted by atomic mass is 9.87. The van der Waals surface area contributed by atoms with E-state index in [4.69, 9.17) is 4.84 Å². The second kappa shape index (κ2) is 12.3. The highest BCUT2D eigenvalue weighted by atomic mass is 79.9. The zero-order chi connectivity index (χ0) is 24.7. The van der Waals surface area contributed by atoms with Crippen molar-refractivity contribution in [2.75, 3.05) is 26.2 Å². The summed E-state index contributed by atoms with van der Waals surface area (Å²) in [6, 6.07) is 10.3. The summed E-state index contributed by atoms with van der Waals surface area (Å²) in [4.78, 5) is 20.6. The molecule has 34 heavy (non-hydrogen) atoms. The number of benzene rings is 1. The van der Waals surface area contributed by atoms with Crippen LogP contribution in [0.25, 0.3) is 0 Å². The lowest BCUT2D eigenvalue weighted by molar-refractivity contribution is -0.612. The molecule has 0 aliphatic carbocycles. The van der Waals surface area contributed by atoms with Gasteiger partial charge in [0, 0.05) is 36.0 Å². The van der Waals surface area contributed by atoms with Crippen molar-refractivity contribution in [2.45, 2.75) is 53.0 Å². The number of halogens is 1. The van der Waals surface area contributed by atoms with Crippen molar-refractivity contribution in [3.63, 3.8) is 0 Å². The maximum absolute atomic E-state index is 12.7. The van der Waals surface area contributed by atoms with Crippen molar-refractivity contribution in [3.8, 4) is 0 Å². The van der Waals surface area contributed by atoms with Gasteiger partial charge in [0.1, 0.15) is 12.2 Å². The average Bonchev–Trinajstić information content (AvgIpc) is 2.83. The third-order valence-electron chi connectivity index (χ3n) is 6.59. The molecule has 0 bridgehead atoms. The van der Waals surface area contributed by atoms with Crippen LogP contribution in [0.15, 0.2) is 46.2 Å². The molecule has 184 valence electrons. The molecular weight excluding hydrogens is 496 g/mol. The number of carbonyl (C=O) groups is 1. The Bertz CT molecular complexity index is 1000. The molecule has 2 heterocycles. The van der Waals surface area contributed by atoms with Crippen LogP contribution in [0.3, 0.4) is 0 Å². The maximum atomic E-state index is 12.7. The first-order valence-electron chi connectivity index (χ1n) is 12.0. The Hall–Kier alpha value is -2.45. The number of carbonyl (C=O) groups excluding carboxylic acids is 1. The Kier molecular flexibility index (Phi) is 9.47. The van der Waals surface area contributed by atoms with Crippen LogP contribution in [-0.4, -0.2) is 48.8 Å². The van der Waals surface area contributed by atoms with Crippen molar-refractivity contribution in [2.24, 2.45) is 11.1 Å². The molecule has 1 aliphatic heterocycles. The number of rotatable bonds is 9. The molecule has 1 unspecified atom stereocenters. The van der Waals surface area contributed by atoms with E-state index >= 15 is 0 Å². The van der Waals surface area contributed by atoms with Crippen LogP contribution in [0.1, 0.15) is 60.3 Å². The van der Waals surface area contributed by atoms with E-state index in [1.807, 2.05) is 26.0 Å². The summed E-state index contributed by atoms with van der Waals surface area (Å²) in [7, 11) is 0. The summed E-state index contributed by atoms with van der Waals surface area (Å²) >= 11 is 3.50. The molecule has 3 rings (SSSR count). The minimum Gasteiger partial charge on any atom is -0.618 e. The lowest BCUT2D eigenvalue weighted by Crippen LogP contribution is -2.43. The zero-order valence-corrected chi connectivity index (χ0v) is 22.1. The number of nitrogens with one attached hydrogen (secondary N) is 1. The topological polar surface area (TPSA) is 80.9 Å². The number of aromatic nitrogens is 1. The van der Waals surface area contributed by atoms with Gasteiger partial charge in [0.15, 0.2) is 6.20 Å². The fourth-order valence-corrected chi connectivity index (χ4v) is 4.77. The number of nitrogens with zero attached hydrogens (tertiary/aromatic N) is 3. The molecule has 0 spiro atoms. The van der Waals surface area contributed by atoms with Gasteiger partial charge in [-0.05, 0) is 76.4 Å². The Morgan fingerprint density at radius 2 is 1.94 bits per heavy atom. The van der Waals surface area contributed by atoms with Gasteiger partial charge in [-0.25, -0.2) is 0 Å². The van der Waals surface area contributed by atoms with Gasteiger partial charge in [0.2, 0.25) is 5.69 Å². The number of oxime groups is 1. The fraction of sp³-hybridized carbons (Fsp3) is 0.500. The molecule has 1 amide bonds. The number of pyridine rings is 1. The van der Waals surface area contributed by atoms with Crippen molar-refractivity contribution in [3.05, 3.63) is 68.6 Å². The van der Waals surface area contributed by atoms with E-state index in [0.29, 0.717) is 36.4 Å². The van der Waals surface area contributed by atoms with Crippen LogP contribution < -0.4 is 10.0 Å². The van der Waals surface area contributed by atoms with Crippen molar-refractivity contribution in [1.29, 1.82) is 0 Å². The number of likely N-dealkylation sites (tertiary alicyclic amines) is 1. The van der Waals surface area contributed by atoms with Gasteiger partial charge in [0.25, 0.3) is 5.91 Å². The molecule has 0 saturated carbocycles. The molecule has 1 aliphatic rings. The molecule has 1 aromatic carbocycles. The van der Waals surface area contributed by atoms with Crippen LogP contribution in [0.2, 0.25) is 0 Å². The van der Waals surface area contributed by atoms with Gasteiger partial charge >= 0.3 is 0 Å². The summed E-state index contributed by atoms with van der Waals surface area (Å²) in [6.45, 7) is 10.8. The second-order valence-corrected chi connectivity index (χ2v) is 9.81. The monoisotopic (exact) mass is 530 g/mol. The number of hydrogen-bond acceptors (Lipinski definition) is 5. The van der Waals surface area contributed by atoms with Gasteiger partial charge in [-0.3, -0.25) is 4.79 Å². The van der Waals surface area contributed by atoms with E-state index in [1.54, 1.807) is 13.0 Å². The first-order valence-corrected chi connectivity index (χ1v) is 12.8. The van der Waals surface area contributed by atoms with E-state index in [-0.39, 0.29) is 5.91 Å². The predicted octanol–water partition coefficient (Wildman–Crippen LogP) is 4.36. The predicted molar refractivity (Wildman–Crippen MR) is 138 cm³/mol. The second-order valence-electron chi connectivity index (χ2n) is 8.89. The number of aryl methyl sites for hydroxylation is 1. The van der Waals surface area contributed by atoms with Gasteiger partial charge in [-0.2, -0.15) is 4.73 Å². The van der Waals surface area contributed by atoms with E-state index in [0.717, 1.165) is 58.4 Å². The van der Waals surface area contributed by atoms with Crippen LogP contribution in [0.5, 0.6) is 0 Å². The fourth-order valence-electron chi connectivity index (χ4n) is 4.51. The standard InChI is InChI=1S/C26H35BrN4O3/c1-5-34-29-25(21-6-8-23(27)9-7-21)22-12-15-30(16-13-22)19(3)10-14-28-26(32)24-18(2)11-17-31(33)20(24)4/h6-9,11,17,19,22H,5,10,12-16H2,1-4H3,(H,28,32)/b29-25-. The average molecular weight is 531 g/mol. The Morgan fingerprint density at radius 1 is 1.26 bits per heavy atom. The van der Waals surface area contributed by atoms with Crippen LogP contribution in [0, 0.1) is 25.0 Å². The SMILES string of the molecule is CCO/N=C(/c1ccc(Br)cc1)C1CCN(C(C)CCNC(=O)c2c(C)cc[n+]([O-])c2C)CC1. The van der Waals surface area contributed by atoms with Gasteiger partial charge in [-0.1, -0.05) is 33.2 Å². The van der Waals surface area contributed by atoms with Crippen molar-refractivity contribution >= 4 is 27.5 Å². The van der Waals surface area contributed by atoms with Gasteiger partial charge < -0.3 is 20.3 Å². The minimum atomic E-state index is -0.183. The molecular formula is C26H35BrN4O3. The molecule has 1 saturated heterocycles. The highest BCUT2D eigenvalue weighted by Gasteiger charge is 2.27. The van der Waals surface area contributed by atoms with Crippen molar-refractivity contribution < 1.29 is 14.4 Å². The molecule has 8 heteroatoms. The molecule has 0 radical (unpaired) electrons. The van der Waals surface area contributed by atoms with Crippen LogP contribution >= 0.6 is 15.9 Å². The zero-order valence-electron chi connectivity index (χ0n) is 20.5. The van der Waals surface area contributed by atoms with Crippen molar-refractivity contribution in [1.82, 2.24) is 10.2 Å². The van der Waals surface area contributed by atoms with E-state index < -0.39 is 0 Å². The molecule has 2 aromatic rings. The Labute approximate surface area is 210 Å². The molecule has 1 aromatic heterocycles. The summed E-state index contributed by atoms with van der Waals surface area (Å²) in [6.07, 6.45) is 4.33. The molecule has 1 N–H and O–H groups in total.